The Balaban J connectivity index is 0.000000173. The zero-order valence-corrected chi connectivity index (χ0v) is 16.7. The van der Waals surface area contributed by atoms with Crippen molar-refractivity contribution in [1.82, 2.24) is 0 Å². The highest BCUT2D eigenvalue weighted by molar-refractivity contribution is 7.99. The molecule has 5 heteroatoms. The first-order valence-corrected chi connectivity index (χ1v) is 9.85. The van der Waals surface area contributed by atoms with Gasteiger partial charge in [0.25, 0.3) is 0 Å². The van der Waals surface area contributed by atoms with Gasteiger partial charge in [0, 0.05) is 10.6 Å². The maximum Gasteiger partial charge on any atom is 0.586 e. The van der Waals surface area contributed by atoms with Crippen LogP contribution in [0.5, 0.6) is 11.5 Å². The molecule has 0 saturated heterocycles. The topological polar surface area (TPSA) is 18.5 Å². The van der Waals surface area contributed by atoms with E-state index in [0.29, 0.717) is 5.41 Å². The van der Waals surface area contributed by atoms with Gasteiger partial charge < -0.3 is 9.47 Å². The molecule has 0 radical (unpaired) electrons. The fourth-order valence-electron chi connectivity index (χ4n) is 2.71. The number of para-hydroxylation sites is 2. The van der Waals surface area contributed by atoms with Crippen molar-refractivity contribution in [3.8, 4) is 11.5 Å². The average Bonchev–Trinajstić information content (AvgIpc) is 2.95. The van der Waals surface area contributed by atoms with Gasteiger partial charge in [0.15, 0.2) is 11.5 Å². The van der Waals surface area contributed by atoms with Crippen LogP contribution in [0.1, 0.15) is 40.2 Å². The van der Waals surface area contributed by atoms with E-state index in [1.54, 1.807) is 12.1 Å². The summed E-state index contributed by atoms with van der Waals surface area (Å²) in [5, 5.41) is 0. The van der Waals surface area contributed by atoms with Crippen molar-refractivity contribution < 1.29 is 18.3 Å². The standard InChI is InChI=1S/C12H16S.C7H4F2O2.C2H6/c1-9-8-13-11-7-5-4-6-10(11)12(9,2)3;8-7(9)10-5-3-1-2-4-6(5)11-7;1-2/h4-7,9H,8H2,1-3H3;1-4H;1-2H3. The van der Waals surface area contributed by atoms with Crippen LogP contribution in [0.2, 0.25) is 0 Å². The van der Waals surface area contributed by atoms with E-state index in [1.807, 2.05) is 25.6 Å². The van der Waals surface area contributed by atoms with Crippen LogP contribution in [0.15, 0.2) is 53.4 Å². The lowest BCUT2D eigenvalue weighted by Gasteiger charge is -2.38. The van der Waals surface area contributed by atoms with Gasteiger partial charge in [0.2, 0.25) is 0 Å². The molecule has 2 aliphatic rings. The second kappa shape index (κ2) is 8.30. The maximum atomic E-state index is 12.3. The molecule has 142 valence electrons. The van der Waals surface area contributed by atoms with Crippen molar-refractivity contribution in [2.24, 2.45) is 5.92 Å². The monoisotopic (exact) mass is 380 g/mol. The first-order chi connectivity index (χ1) is 12.3. The van der Waals surface area contributed by atoms with Gasteiger partial charge in [0.05, 0.1) is 0 Å². The molecular formula is C21H26F2O2S. The summed E-state index contributed by atoms with van der Waals surface area (Å²) >= 11 is 2.00. The zero-order chi connectivity index (χ0) is 19.4. The second-order valence-electron chi connectivity index (χ2n) is 6.54. The lowest BCUT2D eigenvalue weighted by Crippen LogP contribution is -2.31. The first-order valence-electron chi connectivity index (χ1n) is 8.87. The summed E-state index contributed by atoms with van der Waals surface area (Å²) in [5.41, 5.74) is 1.88. The normalized spacial score (nSPS) is 20.7. The Morgan fingerprint density at radius 2 is 1.42 bits per heavy atom. The molecule has 4 rings (SSSR count). The number of rotatable bonds is 0. The number of hydrogen-bond donors (Lipinski definition) is 0. The number of halogens is 2. The van der Waals surface area contributed by atoms with Gasteiger partial charge in [-0.1, -0.05) is 65.0 Å². The largest absolute Gasteiger partial charge is 0.586 e. The highest BCUT2D eigenvalue weighted by atomic mass is 32.2. The van der Waals surface area contributed by atoms with Crippen molar-refractivity contribution >= 4 is 11.8 Å². The van der Waals surface area contributed by atoms with Gasteiger partial charge in [-0.15, -0.1) is 20.5 Å². The quantitative estimate of drug-likeness (QED) is 0.504. The molecule has 2 heterocycles. The van der Waals surface area contributed by atoms with Gasteiger partial charge in [0.1, 0.15) is 0 Å². The summed E-state index contributed by atoms with van der Waals surface area (Å²) in [6, 6.07) is 14.9. The molecule has 0 spiro atoms. The fraction of sp³-hybridized carbons (Fsp3) is 0.429. The Hall–Kier alpha value is -1.75. The van der Waals surface area contributed by atoms with Crippen molar-refractivity contribution in [3.63, 3.8) is 0 Å². The van der Waals surface area contributed by atoms with E-state index in [2.05, 4.69) is 54.5 Å². The lowest BCUT2D eigenvalue weighted by molar-refractivity contribution is -0.286. The van der Waals surface area contributed by atoms with E-state index in [0.717, 1.165) is 5.92 Å². The lowest BCUT2D eigenvalue weighted by atomic mass is 9.75. The van der Waals surface area contributed by atoms with Gasteiger partial charge in [-0.2, -0.15) is 0 Å². The van der Waals surface area contributed by atoms with Crippen LogP contribution >= 0.6 is 11.8 Å². The van der Waals surface area contributed by atoms with Crippen LogP contribution in [-0.2, 0) is 5.41 Å². The molecule has 1 unspecified atom stereocenters. The van der Waals surface area contributed by atoms with Crippen LogP contribution in [-0.4, -0.2) is 12.0 Å². The third-order valence-electron chi connectivity index (χ3n) is 4.61. The molecule has 0 aliphatic carbocycles. The minimum absolute atomic E-state index is 0.0810. The summed E-state index contributed by atoms with van der Waals surface area (Å²) < 4.78 is 32.9. The molecule has 2 aromatic carbocycles. The van der Waals surface area contributed by atoms with Crippen LogP contribution in [0.4, 0.5) is 8.78 Å². The highest BCUT2D eigenvalue weighted by Crippen LogP contribution is 2.44. The van der Waals surface area contributed by atoms with Gasteiger partial charge >= 0.3 is 6.29 Å². The molecule has 0 saturated carbocycles. The molecule has 0 aromatic heterocycles. The molecule has 2 nitrogen and oxygen atoms in total. The fourth-order valence-corrected chi connectivity index (χ4v) is 4.22. The van der Waals surface area contributed by atoms with Crippen molar-refractivity contribution in [3.05, 3.63) is 54.1 Å². The molecule has 0 N–H and O–H groups in total. The number of benzene rings is 2. The third kappa shape index (κ3) is 4.50. The zero-order valence-electron chi connectivity index (χ0n) is 15.9. The molecule has 0 bridgehead atoms. The summed E-state index contributed by atoms with van der Waals surface area (Å²) in [4.78, 5) is 1.48. The predicted octanol–water partition coefficient (Wildman–Crippen LogP) is 6.74. The van der Waals surface area contributed by atoms with E-state index in [9.17, 15) is 8.78 Å². The summed E-state index contributed by atoms with van der Waals surface area (Å²) in [6.07, 6.45) is -3.50. The predicted molar refractivity (Wildman–Crippen MR) is 103 cm³/mol. The van der Waals surface area contributed by atoms with E-state index < -0.39 is 6.29 Å². The Morgan fingerprint density at radius 1 is 0.923 bits per heavy atom. The Bertz CT molecular complexity index is 704. The van der Waals surface area contributed by atoms with Crippen LogP contribution in [0.3, 0.4) is 0 Å². The smallest absolute Gasteiger partial charge is 0.395 e. The Kier molecular flexibility index (Phi) is 6.56. The number of ether oxygens (including phenoxy) is 2. The average molecular weight is 381 g/mol. The van der Waals surface area contributed by atoms with E-state index >= 15 is 0 Å². The number of fused-ring (bicyclic) bond motifs is 2. The first kappa shape index (κ1) is 20.6. The van der Waals surface area contributed by atoms with Crippen molar-refractivity contribution in [1.29, 1.82) is 0 Å². The van der Waals surface area contributed by atoms with E-state index in [-0.39, 0.29) is 11.5 Å². The number of thioether (sulfide) groups is 1. The number of hydrogen-bond acceptors (Lipinski definition) is 3. The second-order valence-corrected chi connectivity index (χ2v) is 7.61. The van der Waals surface area contributed by atoms with E-state index in [4.69, 9.17) is 0 Å². The SMILES string of the molecule is CC.CC1CSc2ccccc2C1(C)C.FC1(F)Oc2ccccc2O1. The van der Waals surface area contributed by atoms with Crippen molar-refractivity contribution in [2.75, 3.05) is 5.75 Å². The van der Waals surface area contributed by atoms with E-state index in [1.165, 1.54) is 28.3 Å². The Morgan fingerprint density at radius 3 is 2.00 bits per heavy atom. The van der Waals surface area contributed by atoms with Crippen LogP contribution < -0.4 is 9.47 Å². The molecule has 2 aromatic rings. The number of alkyl halides is 2. The molecule has 1 atom stereocenters. The third-order valence-corrected chi connectivity index (χ3v) is 5.94. The van der Waals surface area contributed by atoms with Crippen LogP contribution in [0.25, 0.3) is 0 Å². The summed E-state index contributed by atoms with van der Waals surface area (Å²) in [6.45, 7) is 11.1. The highest BCUT2D eigenvalue weighted by Gasteiger charge is 2.43. The van der Waals surface area contributed by atoms with Gasteiger partial charge in [-0.25, -0.2) is 0 Å². The molecule has 0 amide bonds. The minimum Gasteiger partial charge on any atom is -0.395 e. The maximum absolute atomic E-state index is 12.3. The molecule has 26 heavy (non-hydrogen) atoms. The molecular weight excluding hydrogens is 354 g/mol. The van der Waals surface area contributed by atoms with Crippen molar-refractivity contribution in [2.45, 2.75) is 51.2 Å². The summed E-state index contributed by atoms with van der Waals surface area (Å²) in [5.74, 6) is 2.19. The van der Waals surface area contributed by atoms with Gasteiger partial charge in [-0.05, 0) is 35.1 Å². The summed E-state index contributed by atoms with van der Waals surface area (Å²) in [7, 11) is 0. The molecule has 0 fully saturated rings. The molecule has 2 aliphatic heterocycles. The van der Waals surface area contributed by atoms with Gasteiger partial charge in [-0.3, -0.25) is 0 Å². The Labute approximate surface area is 158 Å². The van der Waals surface area contributed by atoms with Crippen LogP contribution in [0, 0.1) is 5.92 Å². The minimum atomic E-state index is -3.50.